The second-order valence-electron chi connectivity index (χ2n) is 4.12. The van der Waals surface area contributed by atoms with Gasteiger partial charge in [0.2, 0.25) is 0 Å². The highest BCUT2D eigenvalue weighted by atomic mass is 16.7. The van der Waals surface area contributed by atoms with Gasteiger partial charge in [0.25, 0.3) is 0 Å². The third-order valence-corrected chi connectivity index (χ3v) is 1.80. The van der Waals surface area contributed by atoms with E-state index in [2.05, 4.69) is 28.4 Å². The van der Waals surface area contributed by atoms with Gasteiger partial charge in [0.1, 0.15) is 25.9 Å². The van der Waals surface area contributed by atoms with Gasteiger partial charge in [-0.25, -0.2) is 24.0 Å². The van der Waals surface area contributed by atoms with Crippen molar-refractivity contribution in [2.45, 2.75) is 26.9 Å². The van der Waals surface area contributed by atoms with Gasteiger partial charge in [-0.2, -0.15) is 0 Å². The van der Waals surface area contributed by atoms with Crippen LogP contribution in [0.2, 0.25) is 0 Å². The van der Waals surface area contributed by atoms with E-state index in [0.717, 1.165) is 0 Å². The molecular weight excluding hydrogens is 408 g/mol. The van der Waals surface area contributed by atoms with E-state index < -0.39 is 36.9 Å². The number of carbonyl (C=O) groups is 5. The first-order valence-corrected chi connectivity index (χ1v) is 7.72. The van der Waals surface area contributed by atoms with Crippen molar-refractivity contribution in [2.75, 3.05) is 33.0 Å². The summed E-state index contributed by atoms with van der Waals surface area (Å²) in [6.45, 7) is 4.76. The summed E-state index contributed by atoms with van der Waals surface area (Å²) in [5.41, 5.74) is 0. The van der Waals surface area contributed by atoms with Gasteiger partial charge in [0.15, 0.2) is 0 Å². The number of hydrogen-bond donors (Lipinski definition) is 4. The fraction of sp³-hybridized carbons (Fsp3) is 0.643. The standard InChI is InChI=1S/C5H8O6.C5H10O3.C4H6O6/c1-3(11-5(8)9)2-10-4(6)7;1-3-7-5(6)8-4-2;5-3(6)9-1-2-10-4(7)8/h3H,2H2,1H3,(H,6,7)(H,8,9);3-4H2,1-2H3;1-2H2,(H,5,6)(H,7,8). The smallest absolute Gasteiger partial charge is 0.450 e. The molecule has 0 aromatic carbocycles. The second kappa shape index (κ2) is 20.7. The van der Waals surface area contributed by atoms with Crippen molar-refractivity contribution >= 4 is 30.8 Å². The van der Waals surface area contributed by atoms with E-state index >= 15 is 0 Å². The normalized spacial score (nSPS) is 9.62. The van der Waals surface area contributed by atoms with Crippen molar-refractivity contribution < 1.29 is 72.8 Å². The Morgan fingerprint density at radius 3 is 1.31 bits per heavy atom. The van der Waals surface area contributed by atoms with Gasteiger partial charge in [-0.05, 0) is 20.8 Å². The summed E-state index contributed by atoms with van der Waals surface area (Å²) >= 11 is 0. The first-order chi connectivity index (χ1) is 13.5. The van der Waals surface area contributed by atoms with Gasteiger partial charge >= 0.3 is 30.8 Å². The minimum absolute atomic E-state index is 0.276. The maximum absolute atomic E-state index is 10.2. The van der Waals surface area contributed by atoms with Crippen molar-refractivity contribution in [1.29, 1.82) is 0 Å². The van der Waals surface area contributed by atoms with Crippen LogP contribution >= 0.6 is 0 Å². The molecule has 170 valence electrons. The van der Waals surface area contributed by atoms with Crippen molar-refractivity contribution in [3.8, 4) is 0 Å². The Labute approximate surface area is 164 Å². The summed E-state index contributed by atoms with van der Waals surface area (Å²) in [6.07, 6.45) is -7.17. The monoisotopic (exact) mass is 432 g/mol. The molecule has 0 aliphatic heterocycles. The maximum atomic E-state index is 10.2. The summed E-state index contributed by atoms with van der Waals surface area (Å²) in [5.74, 6) is 0. The van der Waals surface area contributed by atoms with Crippen LogP contribution in [0.3, 0.4) is 0 Å². The van der Waals surface area contributed by atoms with Crippen LogP contribution < -0.4 is 0 Å². The zero-order valence-corrected chi connectivity index (χ0v) is 15.9. The molecule has 0 aromatic heterocycles. The van der Waals surface area contributed by atoms with E-state index in [1.165, 1.54) is 6.92 Å². The average molecular weight is 432 g/mol. The van der Waals surface area contributed by atoms with Crippen LogP contribution in [0.1, 0.15) is 20.8 Å². The lowest BCUT2D eigenvalue weighted by Gasteiger charge is -2.08. The van der Waals surface area contributed by atoms with Gasteiger partial charge in [0.05, 0.1) is 13.2 Å². The lowest BCUT2D eigenvalue weighted by atomic mass is 10.4. The molecule has 0 fully saturated rings. The zero-order chi connectivity index (χ0) is 23.2. The molecule has 0 aliphatic carbocycles. The molecule has 15 nitrogen and oxygen atoms in total. The topological polar surface area (TPSA) is 222 Å². The zero-order valence-electron chi connectivity index (χ0n) is 15.9. The number of hydrogen-bond acceptors (Lipinski definition) is 11. The highest BCUT2D eigenvalue weighted by molar-refractivity contribution is 5.59. The molecule has 29 heavy (non-hydrogen) atoms. The van der Waals surface area contributed by atoms with Crippen molar-refractivity contribution in [3.05, 3.63) is 0 Å². The highest BCUT2D eigenvalue weighted by Crippen LogP contribution is 1.92. The number of carbonyl (C=O) groups excluding carboxylic acids is 1. The Hall–Kier alpha value is -3.65. The lowest BCUT2D eigenvalue weighted by Crippen LogP contribution is -2.20. The highest BCUT2D eigenvalue weighted by Gasteiger charge is 2.09. The third-order valence-electron chi connectivity index (χ3n) is 1.80. The maximum Gasteiger partial charge on any atom is 0.508 e. The van der Waals surface area contributed by atoms with Gasteiger partial charge in [-0.1, -0.05) is 0 Å². The van der Waals surface area contributed by atoms with E-state index in [1.807, 2.05) is 0 Å². The Kier molecular flexibility index (Phi) is 21.4. The Morgan fingerprint density at radius 1 is 0.655 bits per heavy atom. The SMILES string of the molecule is CC(COC(=O)O)OC(=O)O.CCOC(=O)OCC.O=C(O)OCCOC(=O)O. The third kappa shape index (κ3) is 36.1. The van der Waals surface area contributed by atoms with Gasteiger partial charge < -0.3 is 48.8 Å². The van der Waals surface area contributed by atoms with Crippen LogP contribution in [0.15, 0.2) is 0 Å². The molecule has 0 saturated carbocycles. The predicted octanol–water partition coefficient (Wildman–Crippen LogP) is 2.32. The van der Waals surface area contributed by atoms with Crippen LogP contribution in [-0.2, 0) is 28.4 Å². The van der Waals surface area contributed by atoms with E-state index in [4.69, 9.17) is 20.4 Å². The average Bonchev–Trinajstić information content (AvgIpc) is 2.58. The van der Waals surface area contributed by atoms with Crippen molar-refractivity contribution in [3.63, 3.8) is 0 Å². The van der Waals surface area contributed by atoms with Crippen molar-refractivity contribution in [2.24, 2.45) is 0 Å². The van der Waals surface area contributed by atoms with Crippen molar-refractivity contribution in [1.82, 2.24) is 0 Å². The van der Waals surface area contributed by atoms with E-state index in [0.29, 0.717) is 13.2 Å². The summed E-state index contributed by atoms with van der Waals surface area (Å²) in [6, 6.07) is 0. The number of ether oxygens (including phenoxy) is 6. The molecule has 1 atom stereocenters. The minimum Gasteiger partial charge on any atom is -0.450 e. The molecule has 0 aromatic rings. The van der Waals surface area contributed by atoms with Crippen LogP contribution in [0.25, 0.3) is 0 Å². The molecule has 4 N–H and O–H groups in total. The molecule has 0 rings (SSSR count). The summed E-state index contributed by atoms with van der Waals surface area (Å²) < 4.78 is 24.8. The minimum atomic E-state index is -1.45. The van der Waals surface area contributed by atoms with Gasteiger partial charge in [0, 0.05) is 0 Å². The molecule has 0 bridgehead atoms. The molecule has 15 heteroatoms. The summed E-state index contributed by atoms with van der Waals surface area (Å²) in [7, 11) is 0. The quantitative estimate of drug-likeness (QED) is 0.245. The predicted molar refractivity (Wildman–Crippen MR) is 89.2 cm³/mol. The summed E-state index contributed by atoms with van der Waals surface area (Å²) in [5, 5.41) is 31.7. The van der Waals surface area contributed by atoms with E-state index in [-0.39, 0.29) is 19.8 Å². The Morgan fingerprint density at radius 2 is 1.03 bits per heavy atom. The fourth-order valence-corrected chi connectivity index (χ4v) is 0.930. The molecule has 0 radical (unpaired) electrons. The molecule has 0 saturated heterocycles. The van der Waals surface area contributed by atoms with Gasteiger partial charge in [-0.3, -0.25) is 0 Å². The molecular formula is C14H24O15. The second-order valence-corrected chi connectivity index (χ2v) is 4.12. The first kappa shape index (κ1) is 30.1. The summed E-state index contributed by atoms with van der Waals surface area (Å²) in [4.78, 5) is 49.0. The van der Waals surface area contributed by atoms with Gasteiger partial charge in [-0.15, -0.1) is 0 Å². The Balaban J connectivity index is -0.000000354. The Bertz CT molecular complexity index is 465. The molecule has 0 amide bonds. The van der Waals surface area contributed by atoms with E-state index in [9.17, 15) is 24.0 Å². The van der Waals surface area contributed by atoms with Crippen LogP contribution in [-0.4, -0.2) is 90.3 Å². The van der Waals surface area contributed by atoms with Crippen LogP contribution in [0, 0.1) is 0 Å². The number of carboxylic acid groups (broad SMARTS) is 4. The van der Waals surface area contributed by atoms with E-state index in [1.54, 1.807) is 13.8 Å². The fourth-order valence-electron chi connectivity index (χ4n) is 0.930. The number of rotatable bonds is 8. The lowest BCUT2D eigenvalue weighted by molar-refractivity contribution is 0.0122. The first-order valence-electron chi connectivity index (χ1n) is 7.72. The van der Waals surface area contributed by atoms with Crippen LogP contribution in [0.4, 0.5) is 24.0 Å². The molecule has 0 heterocycles. The molecule has 0 aliphatic rings. The molecule has 0 spiro atoms. The molecule has 1 unspecified atom stereocenters. The largest absolute Gasteiger partial charge is 0.508 e. The van der Waals surface area contributed by atoms with Crippen LogP contribution in [0.5, 0.6) is 0 Å².